The Bertz CT molecular complexity index is 36.1. The van der Waals surface area contributed by atoms with Gasteiger partial charge in [0.05, 0.1) is 0 Å². The van der Waals surface area contributed by atoms with E-state index < -0.39 is 31.2 Å². The van der Waals surface area contributed by atoms with Crippen molar-refractivity contribution in [1.29, 1.82) is 0 Å². The Kier molecular flexibility index (Phi) is 19.2. The van der Waals surface area contributed by atoms with E-state index in [2.05, 4.69) is 1.26 Å². The van der Waals surface area contributed by atoms with Gasteiger partial charge in [0.1, 0.15) is 0 Å². The van der Waals surface area contributed by atoms with Crippen molar-refractivity contribution in [2.75, 3.05) is 0 Å². The molecule has 0 aliphatic carbocycles. The molecule has 7 heteroatoms. The van der Waals surface area contributed by atoms with E-state index in [1.165, 1.54) is 0 Å². The van der Waals surface area contributed by atoms with Crippen LogP contribution in [0.15, 0.2) is 0 Å². The molecule has 44 valence electrons. The first-order chi connectivity index (χ1) is 2.77. The van der Waals surface area contributed by atoms with E-state index in [-0.39, 0.29) is 39.9 Å². The minimum atomic E-state index is -1.51. The second-order valence-corrected chi connectivity index (χ2v) is 4.58. The minimum Gasteiger partial charge on any atom is 0 e. The summed E-state index contributed by atoms with van der Waals surface area (Å²) in [6.07, 6.45) is 0. The molecule has 0 bridgehead atoms. The van der Waals surface area contributed by atoms with Gasteiger partial charge in [-0.1, -0.05) is 0 Å². The number of hydrogen-bond donors (Lipinski definition) is 2. The molecule has 3 nitrogen and oxygen atoms in total. The van der Waals surface area contributed by atoms with Gasteiger partial charge in [-0.15, -0.1) is 0 Å². The molecule has 7 heavy (non-hydrogen) atoms. The standard InChI is InChI=1S/BH2O3.Ce.Gd.Tb/c2-1(3)4;;;/h2-3H;;;/q-1;;;+1. The Hall–Kier alpha value is 3.93. The molecular formula is H2BCeGdO3Tb. The summed E-state index contributed by atoms with van der Waals surface area (Å²) in [4.78, 5) is 0. The van der Waals surface area contributed by atoms with Crippen LogP contribution in [0.5, 0.6) is 0 Å². The third-order valence-electron chi connectivity index (χ3n) is 0.110. The second-order valence-electron chi connectivity index (χ2n) is 0.473. The van der Waals surface area contributed by atoms with Crippen LogP contribution in [0.1, 0.15) is 0 Å². The van der Waals surface area contributed by atoms with Gasteiger partial charge >= 0.3 is 71.4 Å². The van der Waals surface area contributed by atoms with Crippen LogP contribution >= 0.6 is 0 Å². The number of rotatable bonds is 2. The largest absolute Gasteiger partial charge is 0 e. The molecular weight excluding hydrogens is 515 g/mol. The Morgan fingerprint density at radius 2 is 2.00 bits per heavy atom. The van der Waals surface area contributed by atoms with E-state index in [1.54, 1.807) is 0 Å². The zero-order valence-electron chi connectivity index (χ0n) is 3.07. The molecule has 2 N–H and O–H groups in total. The molecule has 0 amide bonds. The Morgan fingerprint density at radius 3 is 2.00 bits per heavy atom. The van der Waals surface area contributed by atoms with E-state index in [1.807, 2.05) is 0 Å². The predicted octanol–water partition coefficient (Wildman–Crippen LogP) is -1.56. The van der Waals surface area contributed by atoms with E-state index in [4.69, 9.17) is 10.0 Å². The molecule has 0 unspecified atom stereocenters. The van der Waals surface area contributed by atoms with E-state index >= 15 is 0 Å². The maximum atomic E-state index is 7.94. The van der Waals surface area contributed by atoms with Gasteiger partial charge in [0.15, 0.2) is 0 Å². The maximum absolute atomic E-state index is 7.94. The van der Waals surface area contributed by atoms with E-state index in [0.29, 0.717) is 0 Å². The molecule has 0 aromatic carbocycles. The first-order valence-electron chi connectivity index (χ1n) is 1.05. The van der Waals surface area contributed by atoms with Crippen LogP contribution in [0, 0.1) is 92.7 Å². The molecule has 0 rings (SSSR count). The average Bonchev–Trinajstić information content (AvgIpc) is 1.35. The molecule has 0 saturated heterocycles. The SMILES string of the molecule is OB(O)[O][Tb][Ce].[Gd]. The monoisotopic (exact) mass is 518 g/mol. The van der Waals surface area contributed by atoms with Crippen molar-refractivity contribution < 1.29 is 104 Å². The first-order valence-corrected chi connectivity index (χ1v) is 10.8. The molecule has 0 atom stereocenters. The summed E-state index contributed by atoms with van der Waals surface area (Å²) >= 11 is 0.572. The van der Waals surface area contributed by atoms with Gasteiger partial charge in [-0.3, -0.25) is 0 Å². The topological polar surface area (TPSA) is 49.7 Å². The van der Waals surface area contributed by atoms with Gasteiger partial charge in [0.2, 0.25) is 0 Å². The summed E-state index contributed by atoms with van der Waals surface area (Å²) in [5, 5.41) is 15.9. The third kappa shape index (κ3) is 13.0. The summed E-state index contributed by atoms with van der Waals surface area (Å²) in [6.45, 7) is 0. The van der Waals surface area contributed by atoms with Crippen LogP contribution in [0.4, 0.5) is 0 Å². The van der Waals surface area contributed by atoms with Crippen molar-refractivity contribution >= 4 is 7.32 Å². The molecule has 0 aromatic heterocycles. The summed E-state index contributed by atoms with van der Waals surface area (Å²) in [5.41, 5.74) is 0. The Balaban J connectivity index is 0. The van der Waals surface area contributed by atoms with Crippen LogP contribution in [0.3, 0.4) is 0 Å². The van der Waals surface area contributed by atoms with Gasteiger partial charge in [-0.25, -0.2) is 0 Å². The molecule has 0 aromatic rings. The third-order valence-corrected chi connectivity index (χ3v) is 2.64. The predicted molar refractivity (Wildman–Crippen MR) is 11.3 cm³/mol. The Labute approximate surface area is 107 Å². The van der Waals surface area contributed by atoms with Crippen molar-refractivity contribution in [3.63, 3.8) is 0 Å². The van der Waals surface area contributed by atoms with Crippen molar-refractivity contribution in [2.24, 2.45) is 0 Å². The van der Waals surface area contributed by atoms with E-state index in [0.717, 1.165) is 28.9 Å². The fraction of sp³-hybridized carbons (Fsp3) is 0. The van der Waals surface area contributed by atoms with Crippen LogP contribution < -0.4 is 0 Å². The van der Waals surface area contributed by atoms with Gasteiger partial charge in [0, 0.05) is 39.9 Å². The van der Waals surface area contributed by atoms with Gasteiger partial charge in [-0.2, -0.15) is 0 Å². The summed E-state index contributed by atoms with van der Waals surface area (Å²) < 4.78 is 4.34. The molecule has 0 radical (unpaired) electrons. The minimum absolute atomic E-state index is 0. The summed E-state index contributed by atoms with van der Waals surface area (Å²) in [6, 6.07) is 0. The van der Waals surface area contributed by atoms with Crippen LogP contribution in [-0.2, 0) is 1.26 Å². The van der Waals surface area contributed by atoms with Crippen LogP contribution in [0.2, 0.25) is 0 Å². The fourth-order valence-corrected chi connectivity index (χ4v) is 1.90. The fourth-order valence-electron chi connectivity index (χ4n) is 0.0351. The maximum Gasteiger partial charge on any atom is 0 e. The van der Waals surface area contributed by atoms with Crippen molar-refractivity contribution in [1.82, 2.24) is 0 Å². The van der Waals surface area contributed by atoms with E-state index in [9.17, 15) is 0 Å². The molecule has 0 spiro atoms. The van der Waals surface area contributed by atoms with Gasteiger partial charge in [-0.05, 0) is 0 Å². The molecule has 0 saturated carbocycles. The molecule has 0 aliphatic heterocycles. The molecule has 0 fully saturated rings. The zero-order valence-corrected chi connectivity index (χ0v) is 10.6. The number of hydrogen-bond acceptors (Lipinski definition) is 3. The smallest absolute Gasteiger partial charge is 0 e. The quantitative estimate of drug-likeness (QED) is 0.436. The zero-order chi connectivity index (χ0) is 4.99. The summed E-state index contributed by atoms with van der Waals surface area (Å²) in [5.74, 6) is 0. The van der Waals surface area contributed by atoms with Gasteiger partial charge in [0.25, 0.3) is 0 Å². The molecule has 0 aliphatic rings. The average molecular weight is 517 g/mol. The van der Waals surface area contributed by atoms with Gasteiger partial charge < -0.3 is 0 Å². The van der Waals surface area contributed by atoms with Crippen molar-refractivity contribution in [3.05, 3.63) is 0 Å². The van der Waals surface area contributed by atoms with Crippen molar-refractivity contribution in [3.8, 4) is 0 Å². The second kappa shape index (κ2) is 9.93. The van der Waals surface area contributed by atoms with Crippen molar-refractivity contribution in [2.45, 2.75) is 0 Å². The van der Waals surface area contributed by atoms with Crippen LogP contribution in [-0.4, -0.2) is 17.4 Å². The summed E-state index contributed by atoms with van der Waals surface area (Å²) in [7, 11) is -1.51. The first kappa shape index (κ1) is 13.5. The normalized spacial score (nSPS) is 7.57. The molecule has 0 heterocycles. The van der Waals surface area contributed by atoms with Crippen LogP contribution in [0.25, 0.3) is 0 Å². The Morgan fingerprint density at radius 1 is 1.57 bits per heavy atom.